The van der Waals surface area contributed by atoms with Gasteiger partial charge in [-0.2, -0.15) is 0 Å². The SMILES string of the molecule is CC(C)N.CCCN.CCN(CC)CC.CCNCC. The molecule has 128 valence electrons. The van der Waals surface area contributed by atoms with E-state index in [1.807, 2.05) is 13.8 Å². The van der Waals surface area contributed by atoms with E-state index in [1.165, 1.54) is 19.6 Å². The third-order valence-electron chi connectivity index (χ3n) is 2.13. The third kappa shape index (κ3) is 64.7. The average Bonchev–Trinajstić information content (AvgIpc) is 2.42. The molecule has 0 bridgehead atoms. The molecule has 4 heteroatoms. The van der Waals surface area contributed by atoms with Gasteiger partial charge in [0.05, 0.1) is 0 Å². The fourth-order valence-corrected chi connectivity index (χ4v) is 0.921. The van der Waals surface area contributed by atoms with Crippen LogP contribution in [0.25, 0.3) is 0 Å². The second-order valence-electron chi connectivity index (χ2n) is 4.61. The van der Waals surface area contributed by atoms with E-state index in [9.17, 15) is 0 Å². The summed E-state index contributed by atoms with van der Waals surface area (Å²) in [7, 11) is 0. The Morgan fingerprint density at radius 2 is 1.10 bits per heavy atom. The lowest BCUT2D eigenvalue weighted by molar-refractivity contribution is 0.321. The summed E-state index contributed by atoms with van der Waals surface area (Å²) in [6.45, 7) is 23.3. The summed E-state index contributed by atoms with van der Waals surface area (Å²) in [6.07, 6.45) is 1.10. The van der Waals surface area contributed by atoms with Gasteiger partial charge in [-0.1, -0.05) is 55.4 Å². The minimum Gasteiger partial charge on any atom is -0.330 e. The van der Waals surface area contributed by atoms with Gasteiger partial charge in [-0.05, 0) is 51.7 Å². The Kier molecular flexibility index (Phi) is 43.9. The van der Waals surface area contributed by atoms with Crippen molar-refractivity contribution in [2.45, 2.75) is 67.9 Å². The highest BCUT2D eigenvalue weighted by Crippen LogP contribution is 1.81. The van der Waals surface area contributed by atoms with Crippen molar-refractivity contribution in [1.29, 1.82) is 0 Å². The van der Waals surface area contributed by atoms with Crippen molar-refractivity contribution in [2.24, 2.45) is 11.5 Å². The fourth-order valence-electron chi connectivity index (χ4n) is 0.921. The highest BCUT2D eigenvalue weighted by molar-refractivity contribution is 4.43. The van der Waals surface area contributed by atoms with Gasteiger partial charge in [-0.3, -0.25) is 0 Å². The van der Waals surface area contributed by atoms with E-state index in [0.717, 1.165) is 26.1 Å². The number of nitrogens with zero attached hydrogens (tertiary/aromatic N) is 1. The van der Waals surface area contributed by atoms with Gasteiger partial charge >= 0.3 is 0 Å². The monoisotopic (exact) mass is 292 g/mol. The maximum absolute atomic E-state index is 5.11. The van der Waals surface area contributed by atoms with E-state index in [1.54, 1.807) is 0 Å². The van der Waals surface area contributed by atoms with Crippen molar-refractivity contribution in [3.63, 3.8) is 0 Å². The highest BCUT2D eigenvalue weighted by Gasteiger charge is 1.89. The molecular weight excluding hydrogens is 248 g/mol. The Balaban J connectivity index is -0.0000000883. The van der Waals surface area contributed by atoms with Crippen molar-refractivity contribution in [3.05, 3.63) is 0 Å². The molecule has 0 spiro atoms. The van der Waals surface area contributed by atoms with Crippen LogP contribution in [0.15, 0.2) is 0 Å². The summed E-state index contributed by atoms with van der Waals surface area (Å²) >= 11 is 0. The molecule has 0 aliphatic rings. The van der Waals surface area contributed by atoms with Gasteiger partial charge in [0.1, 0.15) is 0 Å². The zero-order valence-corrected chi connectivity index (χ0v) is 15.6. The molecule has 0 aliphatic carbocycles. The molecule has 0 aliphatic heterocycles. The van der Waals surface area contributed by atoms with E-state index in [2.05, 4.69) is 51.8 Å². The standard InChI is InChI=1S/C6H15N.C4H11N.2C3H9N/c1-4-7(5-2)6-3;1-3-5-4-2;1-3(2)4;1-2-3-4/h4-6H2,1-3H3;5H,3-4H2,1-2H3;3H,4H2,1-2H3;2-4H2,1H3. The molecule has 0 radical (unpaired) electrons. The van der Waals surface area contributed by atoms with Crippen molar-refractivity contribution < 1.29 is 0 Å². The molecule has 0 atom stereocenters. The maximum Gasteiger partial charge on any atom is -0.00179 e. The predicted octanol–water partition coefficient (Wildman–Crippen LogP) is 2.67. The minimum absolute atomic E-state index is 0.333. The molecule has 20 heavy (non-hydrogen) atoms. The van der Waals surface area contributed by atoms with Gasteiger partial charge in [0, 0.05) is 0 Å². The van der Waals surface area contributed by atoms with Crippen molar-refractivity contribution in [2.75, 3.05) is 39.3 Å². The molecule has 0 rings (SSSR count). The summed E-state index contributed by atoms with van der Waals surface area (Å²) < 4.78 is 0. The largest absolute Gasteiger partial charge is 0.330 e. The minimum atomic E-state index is 0.333. The molecule has 0 saturated heterocycles. The second kappa shape index (κ2) is 31.3. The molecular formula is C16H44N4. The van der Waals surface area contributed by atoms with Crippen LogP contribution in [0.4, 0.5) is 0 Å². The van der Waals surface area contributed by atoms with Gasteiger partial charge in [0.2, 0.25) is 0 Å². The lowest BCUT2D eigenvalue weighted by Gasteiger charge is -2.13. The number of hydrogen-bond donors (Lipinski definition) is 3. The Bertz CT molecular complexity index is 103. The zero-order chi connectivity index (χ0) is 16.8. The maximum atomic E-state index is 5.11. The van der Waals surface area contributed by atoms with Crippen LogP contribution < -0.4 is 16.8 Å². The Morgan fingerprint density at radius 1 is 0.850 bits per heavy atom. The normalized spacial score (nSPS) is 9.00. The average molecular weight is 293 g/mol. The van der Waals surface area contributed by atoms with Gasteiger partial charge < -0.3 is 21.7 Å². The van der Waals surface area contributed by atoms with Crippen LogP contribution in [0.5, 0.6) is 0 Å². The molecule has 0 fully saturated rings. The van der Waals surface area contributed by atoms with Gasteiger partial charge in [-0.25, -0.2) is 0 Å². The zero-order valence-electron chi connectivity index (χ0n) is 15.6. The van der Waals surface area contributed by atoms with Crippen LogP contribution in [-0.4, -0.2) is 50.2 Å². The predicted molar refractivity (Wildman–Crippen MR) is 96.3 cm³/mol. The summed E-state index contributed by atoms with van der Waals surface area (Å²) in [6, 6.07) is 0.333. The molecule has 4 nitrogen and oxygen atoms in total. The van der Waals surface area contributed by atoms with Crippen LogP contribution in [-0.2, 0) is 0 Å². The first-order valence-corrected chi connectivity index (χ1v) is 8.29. The first kappa shape index (κ1) is 28.1. The number of rotatable bonds is 6. The van der Waals surface area contributed by atoms with Gasteiger partial charge in [0.15, 0.2) is 0 Å². The van der Waals surface area contributed by atoms with Crippen LogP contribution >= 0.6 is 0 Å². The molecule has 0 unspecified atom stereocenters. The van der Waals surface area contributed by atoms with Crippen LogP contribution in [0, 0.1) is 0 Å². The molecule has 0 aromatic carbocycles. The molecule has 0 amide bonds. The lowest BCUT2D eigenvalue weighted by Crippen LogP contribution is -2.21. The highest BCUT2D eigenvalue weighted by atomic mass is 15.1. The number of nitrogens with two attached hydrogens (primary N) is 2. The summed E-state index contributed by atoms with van der Waals surface area (Å²) in [5.74, 6) is 0. The smallest absolute Gasteiger partial charge is 0.00179 e. The molecule has 0 aromatic rings. The lowest BCUT2D eigenvalue weighted by atomic mass is 10.5. The van der Waals surface area contributed by atoms with Crippen molar-refractivity contribution in [1.82, 2.24) is 10.2 Å². The quantitative estimate of drug-likeness (QED) is 0.704. The second-order valence-corrected chi connectivity index (χ2v) is 4.61. The Morgan fingerprint density at radius 3 is 1.10 bits per heavy atom. The summed E-state index contributed by atoms with van der Waals surface area (Å²) in [4.78, 5) is 2.38. The first-order chi connectivity index (χ1) is 9.41. The Hall–Kier alpha value is -0.160. The topological polar surface area (TPSA) is 67.3 Å². The van der Waals surface area contributed by atoms with Gasteiger partial charge in [0.25, 0.3) is 0 Å². The summed E-state index contributed by atoms with van der Waals surface area (Å²) in [5.41, 5.74) is 10.1. The number of nitrogens with one attached hydrogen (secondary N) is 1. The van der Waals surface area contributed by atoms with E-state index >= 15 is 0 Å². The van der Waals surface area contributed by atoms with Gasteiger partial charge in [-0.15, -0.1) is 0 Å². The summed E-state index contributed by atoms with van der Waals surface area (Å²) in [5, 5.41) is 3.11. The van der Waals surface area contributed by atoms with Crippen LogP contribution in [0.3, 0.4) is 0 Å². The molecule has 0 heterocycles. The van der Waals surface area contributed by atoms with Crippen LogP contribution in [0.2, 0.25) is 0 Å². The first-order valence-electron chi connectivity index (χ1n) is 8.29. The van der Waals surface area contributed by atoms with E-state index in [-0.39, 0.29) is 0 Å². The fraction of sp³-hybridized carbons (Fsp3) is 1.00. The molecule has 5 N–H and O–H groups in total. The Labute approximate surface area is 129 Å². The molecule has 0 aromatic heterocycles. The van der Waals surface area contributed by atoms with E-state index in [0.29, 0.717) is 6.04 Å². The van der Waals surface area contributed by atoms with E-state index in [4.69, 9.17) is 11.5 Å². The van der Waals surface area contributed by atoms with E-state index < -0.39 is 0 Å². The van der Waals surface area contributed by atoms with Crippen molar-refractivity contribution in [3.8, 4) is 0 Å². The number of hydrogen-bond acceptors (Lipinski definition) is 4. The van der Waals surface area contributed by atoms with Crippen LogP contribution in [0.1, 0.15) is 61.8 Å². The molecule has 0 saturated carbocycles. The third-order valence-corrected chi connectivity index (χ3v) is 2.13. The van der Waals surface area contributed by atoms with Crippen molar-refractivity contribution >= 4 is 0 Å².